The van der Waals surface area contributed by atoms with Crippen LogP contribution in [0.3, 0.4) is 0 Å². The van der Waals surface area contributed by atoms with Gasteiger partial charge in [0.2, 0.25) is 0 Å². The number of rotatable bonds is 4. The number of carboxylic acid groups (broad SMARTS) is 1. The number of aromatic hydroxyl groups is 1. The third kappa shape index (κ3) is 3.97. The van der Waals surface area contributed by atoms with Crippen molar-refractivity contribution in [1.82, 2.24) is 0 Å². The number of nitrogens with zero attached hydrogens (tertiary/aromatic N) is 2. The summed E-state index contributed by atoms with van der Waals surface area (Å²) >= 11 is 0. The lowest BCUT2D eigenvalue weighted by Crippen LogP contribution is -2.36. The highest BCUT2D eigenvalue weighted by molar-refractivity contribution is 5.92. The quantitative estimate of drug-likeness (QED) is 0.836. The van der Waals surface area contributed by atoms with E-state index in [2.05, 4.69) is 22.0 Å². The summed E-state index contributed by atoms with van der Waals surface area (Å²) in [6.07, 6.45) is 1.70. The zero-order chi connectivity index (χ0) is 17.8. The van der Waals surface area contributed by atoms with Gasteiger partial charge in [-0.3, -0.25) is 4.99 Å². The molecule has 1 heterocycles. The monoisotopic (exact) mass is 340 g/mol. The first-order chi connectivity index (χ1) is 12.0. The fraction of sp³-hybridized carbons (Fsp3) is 0.263. The third-order valence-electron chi connectivity index (χ3n) is 4.19. The van der Waals surface area contributed by atoms with Crippen molar-refractivity contribution >= 4 is 23.6 Å². The van der Waals surface area contributed by atoms with Gasteiger partial charge in [0.25, 0.3) is 0 Å². The van der Waals surface area contributed by atoms with Gasteiger partial charge in [-0.15, -0.1) is 0 Å². The summed E-state index contributed by atoms with van der Waals surface area (Å²) in [6, 6.07) is 10.4. The second-order valence-corrected chi connectivity index (χ2v) is 5.91. The van der Waals surface area contributed by atoms with Gasteiger partial charge in [-0.1, -0.05) is 6.07 Å². The van der Waals surface area contributed by atoms with E-state index in [1.807, 2.05) is 13.0 Å². The zero-order valence-corrected chi connectivity index (χ0v) is 14.0. The minimum atomic E-state index is -1.18. The van der Waals surface area contributed by atoms with Crippen molar-refractivity contribution in [2.75, 3.05) is 31.2 Å². The number of aromatic carboxylic acids is 1. The molecule has 0 aliphatic carbocycles. The summed E-state index contributed by atoms with van der Waals surface area (Å²) < 4.78 is 5.38. The molecule has 0 radical (unpaired) electrons. The fourth-order valence-corrected chi connectivity index (χ4v) is 2.74. The number of phenols is 1. The predicted octanol–water partition coefficient (Wildman–Crippen LogP) is 2.99. The Balaban J connectivity index is 1.79. The molecule has 0 spiro atoms. The van der Waals surface area contributed by atoms with Crippen LogP contribution in [0, 0.1) is 6.92 Å². The second-order valence-electron chi connectivity index (χ2n) is 5.91. The molecule has 0 amide bonds. The van der Waals surface area contributed by atoms with Gasteiger partial charge < -0.3 is 19.8 Å². The molecule has 0 bridgehead atoms. The topological polar surface area (TPSA) is 82.4 Å². The van der Waals surface area contributed by atoms with Crippen LogP contribution in [0.5, 0.6) is 5.75 Å². The lowest BCUT2D eigenvalue weighted by atomic mass is 10.1. The van der Waals surface area contributed by atoms with Crippen LogP contribution >= 0.6 is 0 Å². The van der Waals surface area contributed by atoms with E-state index in [0.29, 0.717) is 5.69 Å². The van der Waals surface area contributed by atoms with E-state index in [-0.39, 0.29) is 11.3 Å². The minimum Gasteiger partial charge on any atom is -0.507 e. The third-order valence-corrected chi connectivity index (χ3v) is 4.19. The molecule has 0 aromatic heterocycles. The highest BCUT2D eigenvalue weighted by Gasteiger charge is 2.12. The first-order valence-electron chi connectivity index (χ1n) is 8.08. The number of carboxylic acids is 1. The summed E-state index contributed by atoms with van der Waals surface area (Å²) in [7, 11) is 0. The Kier molecular flexibility index (Phi) is 5.00. The molecule has 0 unspecified atom stereocenters. The molecular weight excluding hydrogens is 320 g/mol. The van der Waals surface area contributed by atoms with Crippen LogP contribution in [0.25, 0.3) is 0 Å². The Morgan fingerprint density at radius 3 is 2.64 bits per heavy atom. The van der Waals surface area contributed by atoms with E-state index in [0.717, 1.165) is 43.1 Å². The molecule has 130 valence electrons. The molecule has 0 atom stereocenters. The molecule has 6 heteroatoms. The number of benzene rings is 2. The summed E-state index contributed by atoms with van der Waals surface area (Å²) in [5.74, 6) is -1.45. The van der Waals surface area contributed by atoms with E-state index in [4.69, 9.17) is 9.84 Å². The van der Waals surface area contributed by atoms with Crippen molar-refractivity contribution in [2.24, 2.45) is 4.99 Å². The van der Waals surface area contributed by atoms with Crippen LogP contribution in [0.15, 0.2) is 41.4 Å². The molecule has 1 fully saturated rings. The van der Waals surface area contributed by atoms with E-state index in [1.54, 1.807) is 12.3 Å². The van der Waals surface area contributed by atoms with Crippen molar-refractivity contribution < 1.29 is 19.7 Å². The number of anilines is 1. The number of hydrogen-bond acceptors (Lipinski definition) is 5. The maximum Gasteiger partial charge on any atom is 0.339 e. The predicted molar refractivity (Wildman–Crippen MR) is 96.5 cm³/mol. The molecule has 3 rings (SSSR count). The fourth-order valence-electron chi connectivity index (χ4n) is 2.74. The smallest absolute Gasteiger partial charge is 0.339 e. The molecule has 2 aromatic carbocycles. The summed E-state index contributed by atoms with van der Waals surface area (Å²) in [4.78, 5) is 17.7. The molecule has 2 N–H and O–H groups in total. The Hall–Kier alpha value is -2.86. The average Bonchev–Trinajstić information content (AvgIpc) is 2.62. The Morgan fingerprint density at radius 1 is 1.20 bits per heavy atom. The Labute approximate surface area is 146 Å². The molecular formula is C19H20N2O4. The number of carbonyl (C=O) groups is 1. The minimum absolute atomic E-state index is 0.158. The van der Waals surface area contributed by atoms with Gasteiger partial charge in [-0.2, -0.15) is 0 Å². The lowest BCUT2D eigenvalue weighted by Gasteiger charge is -2.29. The molecule has 1 aliphatic heterocycles. The van der Waals surface area contributed by atoms with Crippen molar-refractivity contribution in [1.29, 1.82) is 0 Å². The molecule has 0 saturated carbocycles. The maximum atomic E-state index is 11.1. The lowest BCUT2D eigenvalue weighted by molar-refractivity contribution is 0.0693. The van der Waals surface area contributed by atoms with Gasteiger partial charge in [0.1, 0.15) is 11.3 Å². The standard InChI is InChI=1S/C19H20N2O4/c1-13-10-16(21-6-8-25-9-7-21)4-2-14(13)12-20-15-3-5-18(22)17(11-15)19(23)24/h2-5,10-12,22H,6-9H2,1H3,(H,23,24). The first kappa shape index (κ1) is 17.0. The largest absolute Gasteiger partial charge is 0.507 e. The number of aliphatic imine (C=N–C) groups is 1. The maximum absolute atomic E-state index is 11.1. The number of ether oxygens (including phenoxy) is 1. The van der Waals surface area contributed by atoms with Crippen molar-refractivity contribution in [3.05, 3.63) is 53.1 Å². The average molecular weight is 340 g/mol. The van der Waals surface area contributed by atoms with E-state index in [9.17, 15) is 9.90 Å². The van der Waals surface area contributed by atoms with Gasteiger partial charge in [0.15, 0.2) is 0 Å². The van der Waals surface area contributed by atoms with E-state index < -0.39 is 5.97 Å². The summed E-state index contributed by atoms with van der Waals surface area (Å²) in [5.41, 5.74) is 3.53. The van der Waals surface area contributed by atoms with Crippen LogP contribution in [0.4, 0.5) is 11.4 Å². The Morgan fingerprint density at radius 2 is 1.96 bits per heavy atom. The van der Waals surface area contributed by atoms with Gasteiger partial charge in [0.05, 0.1) is 18.9 Å². The van der Waals surface area contributed by atoms with Crippen LogP contribution < -0.4 is 4.90 Å². The normalized spacial score (nSPS) is 14.8. The first-order valence-corrected chi connectivity index (χ1v) is 8.08. The number of morpholine rings is 1. The van der Waals surface area contributed by atoms with Gasteiger partial charge in [0, 0.05) is 25.0 Å². The van der Waals surface area contributed by atoms with Gasteiger partial charge >= 0.3 is 5.97 Å². The molecule has 1 saturated heterocycles. The zero-order valence-electron chi connectivity index (χ0n) is 14.0. The SMILES string of the molecule is Cc1cc(N2CCOCC2)ccc1C=Nc1ccc(O)c(C(=O)O)c1. The van der Waals surface area contributed by atoms with Crippen LogP contribution in [0.2, 0.25) is 0 Å². The number of aryl methyl sites for hydroxylation is 1. The summed E-state index contributed by atoms with van der Waals surface area (Å²) in [5, 5.41) is 18.6. The van der Waals surface area contributed by atoms with E-state index >= 15 is 0 Å². The molecule has 1 aliphatic rings. The molecule has 25 heavy (non-hydrogen) atoms. The van der Waals surface area contributed by atoms with Gasteiger partial charge in [-0.05, 0) is 48.4 Å². The molecule has 2 aromatic rings. The van der Waals surface area contributed by atoms with Crippen LogP contribution in [-0.4, -0.2) is 48.7 Å². The van der Waals surface area contributed by atoms with Gasteiger partial charge in [-0.25, -0.2) is 4.79 Å². The highest BCUT2D eigenvalue weighted by atomic mass is 16.5. The van der Waals surface area contributed by atoms with Crippen molar-refractivity contribution in [2.45, 2.75) is 6.92 Å². The van der Waals surface area contributed by atoms with Crippen molar-refractivity contribution in [3.8, 4) is 5.75 Å². The Bertz CT molecular complexity index is 811. The van der Waals surface area contributed by atoms with Crippen LogP contribution in [-0.2, 0) is 4.74 Å². The van der Waals surface area contributed by atoms with E-state index in [1.165, 1.54) is 12.1 Å². The number of hydrogen-bond donors (Lipinski definition) is 2. The second kappa shape index (κ2) is 7.36. The summed E-state index contributed by atoms with van der Waals surface area (Å²) in [6.45, 7) is 5.28. The highest BCUT2D eigenvalue weighted by Crippen LogP contribution is 2.24. The molecule has 6 nitrogen and oxygen atoms in total. The van der Waals surface area contributed by atoms with Crippen LogP contribution in [0.1, 0.15) is 21.5 Å². The van der Waals surface area contributed by atoms with Crippen molar-refractivity contribution in [3.63, 3.8) is 0 Å².